The minimum absolute atomic E-state index is 0.0123. The summed E-state index contributed by atoms with van der Waals surface area (Å²) in [5.41, 5.74) is 1.46. The van der Waals surface area contributed by atoms with E-state index in [1.54, 1.807) is 12.1 Å². The predicted octanol–water partition coefficient (Wildman–Crippen LogP) is 7.19. The molecule has 0 unspecified atom stereocenters. The van der Waals surface area contributed by atoms with Crippen LogP contribution in [0.3, 0.4) is 0 Å². The van der Waals surface area contributed by atoms with E-state index < -0.39 is 29.1 Å². The van der Waals surface area contributed by atoms with Crippen molar-refractivity contribution in [3.8, 4) is 11.8 Å². The molecule has 196 valence electrons. The third-order valence-electron chi connectivity index (χ3n) is 5.28. The van der Waals surface area contributed by atoms with Crippen LogP contribution in [-0.2, 0) is 15.8 Å². The summed E-state index contributed by atoms with van der Waals surface area (Å²) in [5.74, 6) is -1.35. The number of amides is 2. The van der Waals surface area contributed by atoms with Crippen LogP contribution in [0.2, 0.25) is 10.0 Å². The molecule has 3 rings (SSSR count). The molecule has 2 amide bonds. The van der Waals surface area contributed by atoms with E-state index in [-0.39, 0.29) is 33.7 Å². The van der Waals surface area contributed by atoms with E-state index in [9.17, 15) is 28.0 Å². The standard InChI is InChI=1S/C27H20Cl2F3N3O3/c1-15-6-7-21(8-16(15)2)34-24(36)14-38-25-22(28)10-17(11-23(25)29)9-18(13-33)26(37)35-20-5-3-4-19(12-20)27(30,31)32/h3-12H,14H2,1-2H3,(H,34,36)(H,35,37)/b18-9+. The molecule has 0 spiro atoms. The first-order chi connectivity index (χ1) is 17.9. The van der Waals surface area contributed by atoms with Crippen molar-refractivity contribution in [2.75, 3.05) is 17.2 Å². The Kier molecular flexibility index (Phi) is 9.04. The zero-order valence-corrected chi connectivity index (χ0v) is 21.6. The number of anilines is 2. The highest BCUT2D eigenvalue weighted by Gasteiger charge is 2.30. The van der Waals surface area contributed by atoms with Crippen LogP contribution in [0.5, 0.6) is 5.75 Å². The van der Waals surface area contributed by atoms with E-state index in [4.69, 9.17) is 27.9 Å². The van der Waals surface area contributed by atoms with Crippen LogP contribution >= 0.6 is 23.2 Å². The Morgan fingerprint density at radius 1 is 0.974 bits per heavy atom. The van der Waals surface area contributed by atoms with Gasteiger partial charge in [-0.3, -0.25) is 9.59 Å². The van der Waals surface area contributed by atoms with Gasteiger partial charge in [-0.2, -0.15) is 18.4 Å². The summed E-state index contributed by atoms with van der Waals surface area (Å²) in [6.07, 6.45) is -3.43. The summed E-state index contributed by atoms with van der Waals surface area (Å²) in [7, 11) is 0. The molecule has 0 aromatic heterocycles. The maximum atomic E-state index is 12.9. The number of hydrogen-bond acceptors (Lipinski definition) is 4. The number of nitriles is 1. The lowest BCUT2D eigenvalue weighted by molar-refractivity contribution is -0.137. The molecular weight excluding hydrogens is 542 g/mol. The van der Waals surface area contributed by atoms with Gasteiger partial charge in [0.2, 0.25) is 0 Å². The molecular formula is C27H20Cl2F3N3O3. The molecule has 2 N–H and O–H groups in total. The van der Waals surface area contributed by atoms with Gasteiger partial charge in [0.1, 0.15) is 11.6 Å². The van der Waals surface area contributed by atoms with Crippen LogP contribution in [0.25, 0.3) is 6.08 Å². The van der Waals surface area contributed by atoms with E-state index in [0.29, 0.717) is 5.69 Å². The molecule has 11 heteroatoms. The highest BCUT2D eigenvalue weighted by molar-refractivity contribution is 6.37. The van der Waals surface area contributed by atoms with E-state index in [0.717, 1.165) is 35.4 Å². The monoisotopic (exact) mass is 561 g/mol. The van der Waals surface area contributed by atoms with Crippen molar-refractivity contribution < 1.29 is 27.5 Å². The molecule has 6 nitrogen and oxygen atoms in total. The van der Waals surface area contributed by atoms with E-state index in [2.05, 4.69) is 10.6 Å². The van der Waals surface area contributed by atoms with E-state index >= 15 is 0 Å². The lowest BCUT2D eigenvalue weighted by atomic mass is 10.1. The summed E-state index contributed by atoms with van der Waals surface area (Å²) in [5, 5.41) is 14.4. The fraction of sp³-hybridized carbons (Fsp3) is 0.148. The fourth-order valence-electron chi connectivity index (χ4n) is 3.24. The first kappa shape index (κ1) is 28.6. The van der Waals surface area contributed by atoms with Crippen molar-refractivity contribution in [1.82, 2.24) is 0 Å². The number of nitrogens with zero attached hydrogens (tertiary/aromatic N) is 1. The molecule has 0 bridgehead atoms. The Balaban J connectivity index is 1.70. The SMILES string of the molecule is Cc1ccc(NC(=O)COc2c(Cl)cc(/C=C(\C#N)C(=O)Nc3cccc(C(F)(F)F)c3)cc2Cl)cc1C. The number of nitrogens with one attached hydrogen (secondary N) is 2. The number of rotatable bonds is 7. The first-order valence-electron chi connectivity index (χ1n) is 11.0. The molecule has 0 aliphatic rings. The number of benzene rings is 3. The molecule has 0 aliphatic carbocycles. The second-order valence-corrected chi connectivity index (χ2v) is 8.97. The van der Waals surface area contributed by atoms with Crippen molar-refractivity contribution in [3.63, 3.8) is 0 Å². The van der Waals surface area contributed by atoms with Gasteiger partial charge in [0.05, 0.1) is 15.6 Å². The van der Waals surface area contributed by atoms with Crippen LogP contribution in [-0.4, -0.2) is 18.4 Å². The topological polar surface area (TPSA) is 91.2 Å². The Hall–Kier alpha value is -4.00. The fourth-order valence-corrected chi connectivity index (χ4v) is 3.85. The number of carbonyl (C=O) groups is 2. The van der Waals surface area contributed by atoms with E-state index in [1.807, 2.05) is 26.0 Å². The van der Waals surface area contributed by atoms with Gasteiger partial charge < -0.3 is 15.4 Å². The molecule has 0 saturated carbocycles. The number of ether oxygens (including phenoxy) is 1. The quantitative estimate of drug-likeness (QED) is 0.236. The third kappa shape index (κ3) is 7.51. The van der Waals surface area contributed by atoms with Crippen molar-refractivity contribution >= 4 is 52.5 Å². The smallest absolute Gasteiger partial charge is 0.416 e. The molecule has 38 heavy (non-hydrogen) atoms. The Morgan fingerprint density at radius 2 is 1.63 bits per heavy atom. The number of halogens is 5. The van der Waals surface area contributed by atoms with Crippen LogP contribution in [0.4, 0.5) is 24.5 Å². The summed E-state index contributed by atoms with van der Waals surface area (Å²) in [4.78, 5) is 24.8. The highest BCUT2D eigenvalue weighted by atomic mass is 35.5. The van der Waals surface area contributed by atoms with Gasteiger partial charge in [0, 0.05) is 11.4 Å². The summed E-state index contributed by atoms with van der Waals surface area (Å²) in [6, 6.07) is 13.9. The van der Waals surface area contributed by atoms with Crippen LogP contribution in [0, 0.1) is 25.2 Å². The highest BCUT2D eigenvalue weighted by Crippen LogP contribution is 2.35. The molecule has 3 aromatic rings. The third-order valence-corrected chi connectivity index (χ3v) is 5.84. The van der Waals surface area contributed by atoms with Gasteiger partial charge in [-0.05, 0) is 79.1 Å². The number of aryl methyl sites for hydroxylation is 2. The van der Waals surface area contributed by atoms with Crippen molar-refractivity contribution in [2.45, 2.75) is 20.0 Å². The first-order valence-corrected chi connectivity index (χ1v) is 11.7. The van der Waals surface area contributed by atoms with Gasteiger partial charge in [0.25, 0.3) is 11.8 Å². The number of carbonyl (C=O) groups excluding carboxylic acids is 2. The molecule has 3 aromatic carbocycles. The largest absolute Gasteiger partial charge is 0.481 e. The second kappa shape index (κ2) is 12.0. The average molecular weight is 562 g/mol. The Labute approximate surface area is 226 Å². The predicted molar refractivity (Wildman–Crippen MR) is 140 cm³/mol. The minimum atomic E-state index is -4.59. The Bertz CT molecular complexity index is 1440. The second-order valence-electron chi connectivity index (χ2n) is 8.15. The maximum absolute atomic E-state index is 12.9. The molecule has 0 radical (unpaired) electrons. The van der Waals surface area contributed by atoms with Gasteiger partial charge in [-0.25, -0.2) is 0 Å². The summed E-state index contributed by atoms with van der Waals surface area (Å²) < 4.78 is 44.2. The normalized spacial score (nSPS) is 11.5. The summed E-state index contributed by atoms with van der Waals surface area (Å²) in [6.45, 7) is 3.49. The lowest BCUT2D eigenvalue weighted by Crippen LogP contribution is -2.20. The van der Waals surface area contributed by atoms with E-state index in [1.165, 1.54) is 18.2 Å². The Morgan fingerprint density at radius 3 is 2.24 bits per heavy atom. The molecule has 0 atom stereocenters. The van der Waals surface area contributed by atoms with Gasteiger partial charge in [0.15, 0.2) is 12.4 Å². The van der Waals surface area contributed by atoms with Crippen molar-refractivity contribution in [3.05, 3.63) is 92.5 Å². The van der Waals surface area contributed by atoms with Crippen molar-refractivity contribution in [1.29, 1.82) is 5.26 Å². The van der Waals surface area contributed by atoms with Gasteiger partial charge in [-0.15, -0.1) is 0 Å². The zero-order valence-electron chi connectivity index (χ0n) is 20.0. The maximum Gasteiger partial charge on any atom is 0.416 e. The molecule has 0 fully saturated rings. The molecule has 0 saturated heterocycles. The van der Waals surface area contributed by atoms with Gasteiger partial charge in [-0.1, -0.05) is 35.3 Å². The van der Waals surface area contributed by atoms with Gasteiger partial charge >= 0.3 is 6.18 Å². The minimum Gasteiger partial charge on any atom is -0.481 e. The van der Waals surface area contributed by atoms with Crippen molar-refractivity contribution in [2.24, 2.45) is 0 Å². The average Bonchev–Trinajstić information content (AvgIpc) is 2.84. The number of hydrogen-bond donors (Lipinski definition) is 2. The molecule has 0 heterocycles. The van der Waals surface area contributed by atoms with Crippen LogP contribution < -0.4 is 15.4 Å². The van der Waals surface area contributed by atoms with Crippen LogP contribution in [0.1, 0.15) is 22.3 Å². The zero-order chi connectivity index (χ0) is 28.0. The van der Waals surface area contributed by atoms with Crippen LogP contribution in [0.15, 0.2) is 60.2 Å². The summed E-state index contributed by atoms with van der Waals surface area (Å²) >= 11 is 12.5. The molecule has 0 aliphatic heterocycles. The lowest BCUT2D eigenvalue weighted by Gasteiger charge is -2.12. The number of alkyl halides is 3.